The number of nitrogens with one attached hydrogen (secondary N) is 1. The molecule has 1 atom stereocenters. The molecule has 1 amide bonds. The molecule has 1 unspecified atom stereocenters. The van der Waals surface area contributed by atoms with E-state index in [1.807, 2.05) is 39.0 Å². The van der Waals surface area contributed by atoms with Crippen LogP contribution in [-0.4, -0.2) is 30.3 Å². The highest BCUT2D eigenvalue weighted by Crippen LogP contribution is 2.18. The summed E-state index contributed by atoms with van der Waals surface area (Å²) in [6, 6.07) is 5.85. The van der Waals surface area contributed by atoms with Crippen LogP contribution < -0.4 is 10.1 Å². The van der Waals surface area contributed by atoms with Gasteiger partial charge in [-0.15, -0.1) is 0 Å². The quantitative estimate of drug-likeness (QED) is 0.807. The van der Waals surface area contributed by atoms with E-state index >= 15 is 0 Å². The van der Waals surface area contributed by atoms with Crippen LogP contribution in [0.2, 0.25) is 0 Å². The third kappa shape index (κ3) is 4.75. The van der Waals surface area contributed by atoms with Gasteiger partial charge in [-0.2, -0.15) is 0 Å². The summed E-state index contributed by atoms with van der Waals surface area (Å²) in [6.07, 6.45) is 0.551. The van der Waals surface area contributed by atoms with Gasteiger partial charge in [0.05, 0.1) is 0 Å². The fourth-order valence-corrected chi connectivity index (χ4v) is 1.59. The van der Waals surface area contributed by atoms with Crippen LogP contribution >= 0.6 is 0 Å². The summed E-state index contributed by atoms with van der Waals surface area (Å²) in [4.78, 5) is 11.6. The van der Waals surface area contributed by atoms with E-state index in [0.29, 0.717) is 6.42 Å². The van der Waals surface area contributed by atoms with E-state index < -0.39 is 0 Å². The van der Waals surface area contributed by atoms with E-state index in [1.165, 1.54) is 0 Å². The Hall–Kier alpha value is -1.55. The smallest absolute Gasteiger partial charge is 0.258 e. The maximum absolute atomic E-state index is 11.6. The maximum Gasteiger partial charge on any atom is 0.258 e. The maximum atomic E-state index is 11.6. The molecule has 4 nitrogen and oxygen atoms in total. The van der Waals surface area contributed by atoms with Gasteiger partial charge in [0.1, 0.15) is 5.75 Å². The third-order valence-corrected chi connectivity index (χ3v) is 2.67. The average molecular weight is 251 g/mol. The van der Waals surface area contributed by atoms with Crippen molar-refractivity contribution in [1.29, 1.82) is 0 Å². The van der Waals surface area contributed by atoms with Crippen LogP contribution in [0.3, 0.4) is 0 Å². The number of hydrogen-bond acceptors (Lipinski definition) is 3. The minimum absolute atomic E-state index is 0.0000614. The molecule has 1 aromatic carbocycles. The Morgan fingerprint density at radius 1 is 1.44 bits per heavy atom. The molecule has 100 valence electrons. The molecule has 0 aliphatic rings. The monoisotopic (exact) mass is 251 g/mol. The SMILES string of the molecule is Cc1ccc(C)c(OCC(=O)NC(C)CCO)c1. The molecule has 0 heterocycles. The van der Waals surface area contributed by atoms with Gasteiger partial charge in [0.2, 0.25) is 0 Å². The molecule has 0 radical (unpaired) electrons. The van der Waals surface area contributed by atoms with Crippen LogP contribution in [-0.2, 0) is 4.79 Å². The summed E-state index contributed by atoms with van der Waals surface area (Å²) in [7, 11) is 0. The molecule has 1 aromatic rings. The van der Waals surface area contributed by atoms with E-state index in [0.717, 1.165) is 16.9 Å². The highest BCUT2D eigenvalue weighted by atomic mass is 16.5. The van der Waals surface area contributed by atoms with Crippen molar-refractivity contribution in [2.75, 3.05) is 13.2 Å². The van der Waals surface area contributed by atoms with E-state index in [1.54, 1.807) is 0 Å². The van der Waals surface area contributed by atoms with Gasteiger partial charge in [-0.05, 0) is 44.4 Å². The van der Waals surface area contributed by atoms with E-state index in [2.05, 4.69) is 5.32 Å². The first-order valence-electron chi connectivity index (χ1n) is 6.13. The normalized spacial score (nSPS) is 12.0. The van der Waals surface area contributed by atoms with Crippen molar-refractivity contribution in [1.82, 2.24) is 5.32 Å². The molecule has 0 aliphatic carbocycles. The lowest BCUT2D eigenvalue weighted by Crippen LogP contribution is -2.36. The highest BCUT2D eigenvalue weighted by molar-refractivity contribution is 5.77. The lowest BCUT2D eigenvalue weighted by molar-refractivity contribution is -0.123. The van der Waals surface area contributed by atoms with Gasteiger partial charge < -0.3 is 15.2 Å². The molecule has 0 fully saturated rings. The second-order valence-corrected chi connectivity index (χ2v) is 4.54. The Balaban J connectivity index is 2.45. The Morgan fingerprint density at radius 2 is 2.17 bits per heavy atom. The Bertz CT molecular complexity index is 404. The van der Waals surface area contributed by atoms with Crippen LogP contribution in [0.1, 0.15) is 24.5 Å². The van der Waals surface area contributed by atoms with Crippen molar-refractivity contribution in [3.63, 3.8) is 0 Å². The van der Waals surface area contributed by atoms with Gasteiger partial charge in [0.15, 0.2) is 6.61 Å². The Kier molecular flexibility index (Phi) is 5.65. The highest BCUT2D eigenvalue weighted by Gasteiger charge is 2.08. The fraction of sp³-hybridized carbons (Fsp3) is 0.500. The second kappa shape index (κ2) is 7.01. The summed E-state index contributed by atoms with van der Waals surface area (Å²) in [6.45, 7) is 5.85. The number of aliphatic hydroxyl groups is 1. The van der Waals surface area contributed by atoms with E-state index in [-0.39, 0.29) is 25.2 Å². The zero-order valence-corrected chi connectivity index (χ0v) is 11.2. The molecule has 0 aromatic heterocycles. The predicted molar refractivity (Wildman–Crippen MR) is 70.7 cm³/mol. The Morgan fingerprint density at radius 3 is 2.83 bits per heavy atom. The van der Waals surface area contributed by atoms with E-state index in [4.69, 9.17) is 9.84 Å². The van der Waals surface area contributed by atoms with Crippen molar-refractivity contribution < 1.29 is 14.6 Å². The minimum Gasteiger partial charge on any atom is -0.483 e. The number of carbonyl (C=O) groups is 1. The van der Waals surface area contributed by atoms with Crippen molar-refractivity contribution in [3.05, 3.63) is 29.3 Å². The van der Waals surface area contributed by atoms with Gasteiger partial charge in [-0.1, -0.05) is 12.1 Å². The molecule has 1 rings (SSSR count). The van der Waals surface area contributed by atoms with Crippen LogP contribution in [0.15, 0.2) is 18.2 Å². The third-order valence-electron chi connectivity index (χ3n) is 2.67. The van der Waals surface area contributed by atoms with Gasteiger partial charge >= 0.3 is 0 Å². The van der Waals surface area contributed by atoms with Crippen molar-refractivity contribution >= 4 is 5.91 Å². The predicted octanol–water partition coefficient (Wildman–Crippen LogP) is 1.57. The van der Waals surface area contributed by atoms with Crippen molar-refractivity contribution in [3.8, 4) is 5.75 Å². The van der Waals surface area contributed by atoms with Gasteiger partial charge in [0.25, 0.3) is 5.91 Å². The van der Waals surface area contributed by atoms with Crippen molar-refractivity contribution in [2.24, 2.45) is 0 Å². The molecule has 0 spiro atoms. The molecule has 0 saturated carbocycles. The molecule has 4 heteroatoms. The minimum atomic E-state index is -0.170. The number of benzene rings is 1. The summed E-state index contributed by atoms with van der Waals surface area (Å²) >= 11 is 0. The number of aryl methyl sites for hydroxylation is 2. The zero-order chi connectivity index (χ0) is 13.5. The Labute approximate surface area is 108 Å². The molecular formula is C14H21NO3. The van der Waals surface area contributed by atoms with Crippen LogP contribution in [0.4, 0.5) is 0 Å². The number of carbonyl (C=O) groups excluding carboxylic acids is 1. The zero-order valence-electron chi connectivity index (χ0n) is 11.2. The van der Waals surface area contributed by atoms with Gasteiger partial charge in [-0.3, -0.25) is 4.79 Å². The number of ether oxygens (including phenoxy) is 1. The lowest BCUT2D eigenvalue weighted by atomic mass is 10.1. The number of hydrogen-bond donors (Lipinski definition) is 2. The summed E-state index contributed by atoms with van der Waals surface area (Å²) in [5.74, 6) is 0.566. The number of rotatable bonds is 6. The molecule has 0 aliphatic heterocycles. The molecule has 0 bridgehead atoms. The fourth-order valence-electron chi connectivity index (χ4n) is 1.59. The molecule has 18 heavy (non-hydrogen) atoms. The standard InChI is InChI=1S/C14H21NO3/c1-10-4-5-11(2)13(8-10)18-9-14(17)15-12(3)6-7-16/h4-5,8,12,16H,6-7,9H2,1-3H3,(H,15,17). The number of amides is 1. The second-order valence-electron chi connectivity index (χ2n) is 4.54. The molecular weight excluding hydrogens is 230 g/mol. The molecule has 2 N–H and O–H groups in total. The van der Waals surface area contributed by atoms with Crippen molar-refractivity contribution in [2.45, 2.75) is 33.2 Å². The van der Waals surface area contributed by atoms with E-state index in [9.17, 15) is 4.79 Å². The van der Waals surface area contributed by atoms with Crippen LogP contribution in [0, 0.1) is 13.8 Å². The number of aliphatic hydroxyl groups excluding tert-OH is 1. The topological polar surface area (TPSA) is 58.6 Å². The van der Waals surface area contributed by atoms with Gasteiger partial charge in [-0.25, -0.2) is 0 Å². The first-order valence-corrected chi connectivity index (χ1v) is 6.13. The average Bonchev–Trinajstić information content (AvgIpc) is 2.30. The summed E-state index contributed by atoms with van der Waals surface area (Å²) < 4.78 is 5.48. The molecule has 0 saturated heterocycles. The van der Waals surface area contributed by atoms with Crippen LogP contribution in [0.5, 0.6) is 5.75 Å². The van der Waals surface area contributed by atoms with Crippen LogP contribution in [0.25, 0.3) is 0 Å². The first kappa shape index (κ1) is 14.5. The summed E-state index contributed by atoms with van der Waals surface area (Å²) in [5, 5.41) is 11.5. The summed E-state index contributed by atoms with van der Waals surface area (Å²) in [5.41, 5.74) is 2.11. The lowest BCUT2D eigenvalue weighted by Gasteiger charge is -2.14. The van der Waals surface area contributed by atoms with Gasteiger partial charge in [0, 0.05) is 12.6 Å². The largest absolute Gasteiger partial charge is 0.483 e. The first-order chi connectivity index (χ1) is 8.52.